The number of aliphatic carboxylic acids is 1. The van der Waals surface area contributed by atoms with Crippen molar-refractivity contribution in [2.75, 3.05) is 37.2 Å². The molecule has 36 heavy (non-hydrogen) atoms. The zero-order chi connectivity index (χ0) is 26.2. The van der Waals surface area contributed by atoms with Crippen molar-refractivity contribution >= 4 is 33.5 Å². The summed E-state index contributed by atoms with van der Waals surface area (Å²) >= 11 is 0. The molecule has 7 nitrogen and oxygen atoms in total. The minimum Gasteiger partial charge on any atom is -0.493 e. The molecule has 2 aromatic carbocycles. The van der Waals surface area contributed by atoms with Crippen molar-refractivity contribution in [3.8, 4) is 5.75 Å². The second kappa shape index (κ2) is 10.1. The van der Waals surface area contributed by atoms with Gasteiger partial charge < -0.3 is 20.1 Å². The van der Waals surface area contributed by atoms with Gasteiger partial charge in [0.2, 0.25) is 5.91 Å². The Morgan fingerprint density at radius 3 is 2.44 bits per heavy atom. The predicted molar refractivity (Wildman–Crippen MR) is 134 cm³/mol. The summed E-state index contributed by atoms with van der Waals surface area (Å²) in [5.41, 5.74) is 2.45. The first-order chi connectivity index (χ1) is 17.0. The molecular weight excluding hydrogens is 490 g/mol. The SMILES string of the molecule is CS(C)(C)c1c(F)cc(NC(=O)[C@H]2c3ccc4c(c3CCN2C(=O)CCCC(=O)O)OCC4)cc1F. The molecule has 0 bridgehead atoms. The number of nitrogens with zero attached hydrogens (tertiary/aromatic N) is 1. The van der Waals surface area contributed by atoms with E-state index < -0.39 is 39.6 Å². The Kier molecular flexibility index (Phi) is 7.26. The molecule has 0 spiro atoms. The van der Waals surface area contributed by atoms with E-state index in [0.717, 1.165) is 35.4 Å². The van der Waals surface area contributed by atoms with Gasteiger partial charge in [0.05, 0.1) is 11.5 Å². The third kappa shape index (κ3) is 5.18. The fraction of sp³-hybridized carbons (Fsp3) is 0.423. The Bertz CT molecular complexity index is 1200. The van der Waals surface area contributed by atoms with E-state index in [-0.39, 0.29) is 42.3 Å². The largest absolute Gasteiger partial charge is 0.493 e. The van der Waals surface area contributed by atoms with E-state index in [9.17, 15) is 23.2 Å². The second-order valence-corrected chi connectivity index (χ2v) is 13.9. The highest BCUT2D eigenvalue weighted by Crippen LogP contribution is 2.48. The molecule has 0 unspecified atom stereocenters. The number of halogens is 2. The zero-order valence-electron chi connectivity index (χ0n) is 20.5. The van der Waals surface area contributed by atoms with Crippen molar-refractivity contribution in [3.63, 3.8) is 0 Å². The van der Waals surface area contributed by atoms with Gasteiger partial charge >= 0.3 is 5.97 Å². The molecule has 0 saturated heterocycles. The number of anilines is 1. The normalized spacial score (nSPS) is 17.1. The highest BCUT2D eigenvalue weighted by Gasteiger charge is 2.38. The molecule has 2 aliphatic heterocycles. The number of carboxylic acid groups (broad SMARTS) is 1. The fourth-order valence-electron chi connectivity index (χ4n) is 4.89. The first-order valence-electron chi connectivity index (χ1n) is 11.7. The van der Waals surface area contributed by atoms with Crippen molar-refractivity contribution in [2.45, 2.75) is 43.0 Å². The van der Waals surface area contributed by atoms with Gasteiger partial charge in [0, 0.05) is 37.1 Å². The van der Waals surface area contributed by atoms with E-state index in [1.54, 1.807) is 24.8 Å². The summed E-state index contributed by atoms with van der Waals surface area (Å²) < 4.78 is 35.4. The monoisotopic (exact) mass is 520 g/mol. The lowest BCUT2D eigenvalue weighted by atomic mass is 9.89. The van der Waals surface area contributed by atoms with Crippen molar-refractivity contribution < 1.29 is 33.0 Å². The summed E-state index contributed by atoms with van der Waals surface area (Å²) in [5.74, 6) is -2.69. The third-order valence-electron chi connectivity index (χ3n) is 6.43. The van der Waals surface area contributed by atoms with Crippen molar-refractivity contribution in [2.24, 2.45) is 0 Å². The number of ether oxygens (including phenoxy) is 1. The Hall–Kier alpha value is -3.14. The number of carboxylic acids is 1. The summed E-state index contributed by atoms with van der Waals surface area (Å²) in [6.07, 6.45) is 6.54. The van der Waals surface area contributed by atoms with Crippen LogP contribution in [0.2, 0.25) is 0 Å². The van der Waals surface area contributed by atoms with Gasteiger partial charge in [-0.15, -0.1) is 0 Å². The van der Waals surface area contributed by atoms with Gasteiger partial charge in [-0.25, -0.2) is 18.8 Å². The molecule has 2 amide bonds. The maximum absolute atomic E-state index is 14.8. The predicted octanol–water partition coefficient (Wildman–Crippen LogP) is 4.27. The molecule has 2 N–H and O–H groups in total. The summed E-state index contributed by atoms with van der Waals surface area (Å²) in [6, 6.07) is 4.84. The molecule has 2 aliphatic rings. The highest BCUT2D eigenvalue weighted by molar-refractivity contribution is 8.32. The molecular formula is C26H30F2N2O5S. The van der Waals surface area contributed by atoms with Crippen LogP contribution in [-0.4, -0.2) is 59.7 Å². The van der Waals surface area contributed by atoms with Crippen LogP contribution in [0.1, 0.15) is 42.0 Å². The van der Waals surface area contributed by atoms with E-state index in [1.165, 1.54) is 4.90 Å². The first kappa shape index (κ1) is 25.9. The smallest absolute Gasteiger partial charge is 0.303 e. The van der Waals surface area contributed by atoms with Crippen molar-refractivity contribution in [1.29, 1.82) is 0 Å². The molecule has 2 aromatic rings. The fourth-order valence-corrected chi connectivity index (χ4v) is 6.18. The van der Waals surface area contributed by atoms with Crippen LogP contribution in [0.4, 0.5) is 14.5 Å². The molecule has 0 fully saturated rings. The highest BCUT2D eigenvalue weighted by atomic mass is 32.3. The van der Waals surface area contributed by atoms with Gasteiger partial charge in [-0.05, 0) is 54.9 Å². The lowest BCUT2D eigenvalue weighted by Gasteiger charge is -2.37. The van der Waals surface area contributed by atoms with Crippen LogP contribution in [0, 0.1) is 11.6 Å². The van der Waals surface area contributed by atoms with Crippen molar-refractivity contribution in [3.05, 3.63) is 52.6 Å². The average Bonchev–Trinajstić information content (AvgIpc) is 3.25. The Labute approximate surface area is 210 Å². The average molecular weight is 521 g/mol. The standard InChI is InChI=1S/C26H30F2N2O5S/c1-36(2,3)25-19(27)13-16(14-20(25)28)29-26(34)23-17-8-7-15-10-12-35-24(15)18(17)9-11-30(23)21(31)5-4-6-22(32)33/h7-8,13-14,23H,4-6,9-12H2,1-3H3,(H,29,34)(H,32,33)/t23-/m1/s1. The molecule has 0 aromatic heterocycles. The van der Waals surface area contributed by atoms with Gasteiger partial charge in [0.25, 0.3) is 5.91 Å². The molecule has 0 radical (unpaired) electrons. The van der Waals surface area contributed by atoms with Crippen LogP contribution in [0.5, 0.6) is 5.75 Å². The number of nitrogens with one attached hydrogen (secondary N) is 1. The number of carbonyl (C=O) groups is 3. The van der Waals surface area contributed by atoms with E-state index in [2.05, 4.69) is 5.32 Å². The number of amides is 2. The third-order valence-corrected chi connectivity index (χ3v) is 8.05. The van der Waals surface area contributed by atoms with Gasteiger partial charge in [-0.1, -0.05) is 12.1 Å². The van der Waals surface area contributed by atoms with Gasteiger partial charge in [-0.2, -0.15) is 0 Å². The Morgan fingerprint density at radius 2 is 1.81 bits per heavy atom. The maximum Gasteiger partial charge on any atom is 0.303 e. The minimum atomic E-state index is -1.68. The maximum atomic E-state index is 14.8. The molecule has 2 heterocycles. The molecule has 10 heteroatoms. The topological polar surface area (TPSA) is 95.9 Å². The van der Waals surface area contributed by atoms with E-state index in [1.807, 2.05) is 6.07 Å². The lowest BCUT2D eigenvalue weighted by Crippen LogP contribution is -2.45. The molecule has 4 rings (SSSR count). The first-order valence-corrected chi connectivity index (χ1v) is 14.6. The van der Waals surface area contributed by atoms with Gasteiger partial charge in [0.1, 0.15) is 23.4 Å². The number of fused-ring (bicyclic) bond motifs is 3. The van der Waals surface area contributed by atoms with E-state index in [0.29, 0.717) is 18.6 Å². The second-order valence-electron chi connectivity index (χ2n) is 9.80. The van der Waals surface area contributed by atoms with Gasteiger partial charge in [-0.3, -0.25) is 14.4 Å². The summed E-state index contributed by atoms with van der Waals surface area (Å²) in [7, 11) is -1.68. The number of hydrogen-bond acceptors (Lipinski definition) is 4. The summed E-state index contributed by atoms with van der Waals surface area (Å²) in [6.45, 7) is 0.785. The quantitative estimate of drug-likeness (QED) is 0.569. The molecule has 1 atom stereocenters. The molecule has 194 valence electrons. The Balaban J connectivity index is 1.66. The van der Waals surface area contributed by atoms with Crippen LogP contribution in [0.15, 0.2) is 29.2 Å². The van der Waals surface area contributed by atoms with Crippen molar-refractivity contribution in [1.82, 2.24) is 4.90 Å². The number of benzene rings is 2. The zero-order valence-corrected chi connectivity index (χ0v) is 21.3. The molecule has 0 aliphatic carbocycles. The van der Waals surface area contributed by atoms with Crippen LogP contribution in [-0.2, 0) is 27.2 Å². The lowest BCUT2D eigenvalue weighted by molar-refractivity contribution is -0.140. The minimum absolute atomic E-state index is 0.00598. The Morgan fingerprint density at radius 1 is 1.11 bits per heavy atom. The number of hydrogen-bond donors (Lipinski definition) is 2. The van der Waals surface area contributed by atoms with Crippen LogP contribution in [0.25, 0.3) is 0 Å². The summed E-state index contributed by atoms with van der Waals surface area (Å²) in [5, 5.41) is 11.5. The number of rotatable bonds is 7. The molecule has 0 saturated carbocycles. The van der Waals surface area contributed by atoms with Crippen LogP contribution in [0.3, 0.4) is 0 Å². The van der Waals surface area contributed by atoms with E-state index in [4.69, 9.17) is 9.84 Å². The van der Waals surface area contributed by atoms with Crippen LogP contribution < -0.4 is 10.1 Å². The number of carbonyl (C=O) groups excluding carboxylic acids is 2. The van der Waals surface area contributed by atoms with Gasteiger partial charge in [0.15, 0.2) is 0 Å². The van der Waals surface area contributed by atoms with E-state index >= 15 is 0 Å². The van der Waals surface area contributed by atoms with Crippen LogP contribution >= 0.6 is 10.0 Å². The summed E-state index contributed by atoms with van der Waals surface area (Å²) in [4.78, 5) is 38.9.